The second-order valence-corrected chi connectivity index (χ2v) is 3.51. The number of benzene rings is 1. The maximum Gasteiger partial charge on any atom is 0.245 e. The molecule has 1 saturated heterocycles. The minimum absolute atomic E-state index is 0.213. The Morgan fingerprint density at radius 3 is 2.86 bits per heavy atom. The van der Waals surface area contributed by atoms with E-state index in [1.54, 1.807) is 12.1 Å². The fraction of sp³-hybridized carbons (Fsp3) is 0.300. The number of amides is 1. The van der Waals surface area contributed by atoms with E-state index >= 15 is 0 Å². The van der Waals surface area contributed by atoms with Gasteiger partial charge in [0.2, 0.25) is 5.91 Å². The van der Waals surface area contributed by atoms with Crippen molar-refractivity contribution in [1.82, 2.24) is 0 Å². The van der Waals surface area contributed by atoms with Crippen LogP contribution < -0.4 is 10.6 Å². The zero-order valence-electron chi connectivity index (χ0n) is 7.83. The van der Waals surface area contributed by atoms with Crippen LogP contribution in [0.5, 0.6) is 0 Å². The molecule has 1 aliphatic heterocycles. The topological polar surface area (TPSA) is 46.3 Å². The maximum atomic E-state index is 13.3. The summed E-state index contributed by atoms with van der Waals surface area (Å²) in [4.78, 5) is 12.6. The fourth-order valence-electron chi connectivity index (χ4n) is 1.50. The highest BCUT2D eigenvalue weighted by Gasteiger charge is 2.35. The summed E-state index contributed by atoms with van der Waals surface area (Å²) < 4.78 is 13.3. The average molecular weight is 194 g/mol. The van der Waals surface area contributed by atoms with Gasteiger partial charge in [-0.05, 0) is 24.6 Å². The highest BCUT2D eigenvalue weighted by atomic mass is 19.1. The number of nitrogens with two attached hydrogens (primary N) is 1. The van der Waals surface area contributed by atoms with Gasteiger partial charge in [-0.3, -0.25) is 4.79 Å². The van der Waals surface area contributed by atoms with Crippen LogP contribution in [0.25, 0.3) is 0 Å². The van der Waals surface area contributed by atoms with Gasteiger partial charge in [0.1, 0.15) is 11.9 Å². The van der Waals surface area contributed by atoms with Gasteiger partial charge in [-0.2, -0.15) is 0 Å². The maximum absolute atomic E-state index is 13.3. The molecule has 0 bridgehead atoms. The Morgan fingerprint density at radius 1 is 1.57 bits per heavy atom. The van der Waals surface area contributed by atoms with E-state index in [2.05, 4.69) is 0 Å². The standard InChI is InChI=1S/C10H11FN2O/c1-6-2-3-7(11)9(4-6)13-5-8(12)10(13)14/h2-4,8H,5,12H2,1H3. The Labute approximate surface area is 81.3 Å². The van der Waals surface area contributed by atoms with Crippen LogP contribution in [0.15, 0.2) is 18.2 Å². The summed E-state index contributed by atoms with van der Waals surface area (Å²) in [7, 11) is 0. The van der Waals surface area contributed by atoms with Crippen LogP contribution in [0.1, 0.15) is 5.56 Å². The van der Waals surface area contributed by atoms with Crippen LogP contribution in [-0.4, -0.2) is 18.5 Å². The fourth-order valence-corrected chi connectivity index (χ4v) is 1.50. The Balaban J connectivity index is 2.33. The van der Waals surface area contributed by atoms with Crippen molar-refractivity contribution in [3.63, 3.8) is 0 Å². The first-order valence-electron chi connectivity index (χ1n) is 4.42. The molecule has 1 atom stereocenters. The highest BCUT2D eigenvalue weighted by Crippen LogP contribution is 2.25. The van der Waals surface area contributed by atoms with E-state index in [-0.39, 0.29) is 11.7 Å². The molecule has 14 heavy (non-hydrogen) atoms. The molecule has 1 fully saturated rings. The summed E-state index contributed by atoms with van der Waals surface area (Å²) >= 11 is 0. The quantitative estimate of drug-likeness (QED) is 0.672. The number of β-lactam (4-membered cyclic amide) rings is 1. The second-order valence-electron chi connectivity index (χ2n) is 3.51. The molecule has 1 aromatic carbocycles. The SMILES string of the molecule is Cc1ccc(F)c(N2CC(N)C2=O)c1. The number of nitrogens with zero attached hydrogens (tertiary/aromatic N) is 1. The average Bonchev–Trinajstić information content (AvgIpc) is 2.18. The molecule has 1 amide bonds. The zero-order chi connectivity index (χ0) is 10.3. The summed E-state index contributed by atoms with van der Waals surface area (Å²) in [5.74, 6) is -0.592. The van der Waals surface area contributed by atoms with E-state index in [9.17, 15) is 9.18 Å². The van der Waals surface area contributed by atoms with Gasteiger partial charge in [0.05, 0.1) is 12.2 Å². The van der Waals surface area contributed by atoms with Crippen molar-refractivity contribution in [3.05, 3.63) is 29.6 Å². The van der Waals surface area contributed by atoms with Gasteiger partial charge in [0.25, 0.3) is 0 Å². The monoisotopic (exact) mass is 194 g/mol. The number of anilines is 1. The minimum atomic E-state index is -0.463. The molecule has 0 spiro atoms. The summed E-state index contributed by atoms with van der Waals surface area (Å²) in [6, 6.07) is 4.22. The lowest BCUT2D eigenvalue weighted by molar-refractivity contribution is -0.123. The lowest BCUT2D eigenvalue weighted by Crippen LogP contribution is -2.61. The molecule has 74 valence electrons. The van der Waals surface area contributed by atoms with E-state index in [0.29, 0.717) is 12.2 Å². The number of halogens is 1. The normalized spacial score (nSPS) is 20.9. The first kappa shape index (κ1) is 9.15. The molecule has 0 aliphatic carbocycles. The van der Waals surface area contributed by atoms with E-state index in [0.717, 1.165) is 5.56 Å². The van der Waals surface area contributed by atoms with Gasteiger partial charge in [0, 0.05) is 0 Å². The molecule has 3 nitrogen and oxygen atoms in total. The number of hydrogen-bond donors (Lipinski definition) is 1. The van der Waals surface area contributed by atoms with Crippen molar-refractivity contribution in [2.75, 3.05) is 11.4 Å². The van der Waals surface area contributed by atoms with Gasteiger partial charge in [-0.1, -0.05) is 6.07 Å². The third-order valence-electron chi connectivity index (χ3n) is 2.35. The summed E-state index contributed by atoms with van der Waals surface area (Å²) in [5, 5.41) is 0. The van der Waals surface area contributed by atoms with E-state index < -0.39 is 6.04 Å². The van der Waals surface area contributed by atoms with Crippen LogP contribution in [0, 0.1) is 12.7 Å². The van der Waals surface area contributed by atoms with Crippen molar-refractivity contribution in [3.8, 4) is 0 Å². The molecule has 1 aliphatic rings. The zero-order valence-corrected chi connectivity index (χ0v) is 7.83. The van der Waals surface area contributed by atoms with Crippen molar-refractivity contribution in [2.24, 2.45) is 5.73 Å². The molecule has 2 N–H and O–H groups in total. The van der Waals surface area contributed by atoms with Crippen molar-refractivity contribution in [2.45, 2.75) is 13.0 Å². The lowest BCUT2D eigenvalue weighted by Gasteiger charge is -2.36. The van der Waals surface area contributed by atoms with Crippen molar-refractivity contribution < 1.29 is 9.18 Å². The molecule has 0 radical (unpaired) electrons. The van der Waals surface area contributed by atoms with E-state index in [1.165, 1.54) is 11.0 Å². The van der Waals surface area contributed by atoms with Crippen molar-refractivity contribution >= 4 is 11.6 Å². The van der Waals surface area contributed by atoms with Crippen molar-refractivity contribution in [1.29, 1.82) is 0 Å². The molecule has 0 saturated carbocycles. The molecule has 1 aromatic rings. The Hall–Kier alpha value is -1.42. The number of rotatable bonds is 1. The van der Waals surface area contributed by atoms with E-state index in [4.69, 9.17) is 5.73 Å². The number of carbonyl (C=O) groups is 1. The molecule has 2 rings (SSSR count). The summed E-state index contributed by atoms with van der Waals surface area (Å²) in [6.45, 7) is 2.26. The lowest BCUT2D eigenvalue weighted by atomic mass is 10.1. The number of carbonyl (C=O) groups excluding carboxylic acids is 1. The van der Waals surface area contributed by atoms with Gasteiger partial charge in [-0.25, -0.2) is 4.39 Å². The van der Waals surface area contributed by atoms with Gasteiger partial charge < -0.3 is 10.6 Å². The van der Waals surface area contributed by atoms with Crippen LogP contribution in [0.2, 0.25) is 0 Å². The van der Waals surface area contributed by atoms with Gasteiger partial charge in [0.15, 0.2) is 0 Å². The Morgan fingerprint density at radius 2 is 2.29 bits per heavy atom. The first-order chi connectivity index (χ1) is 6.59. The highest BCUT2D eigenvalue weighted by molar-refractivity contribution is 6.03. The second kappa shape index (κ2) is 3.06. The molecule has 1 heterocycles. The first-order valence-corrected chi connectivity index (χ1v) is 4.42. The van der Waals surface area contributed by atoms with Gasteiger partial charge >= 0.3 is 0 Å². The Kier molecular flexibility index (Phi) is 2.00. The predicted octanol–water partition coefficient (Wildman–Crippen LogP) is 0.808. The third kappa shape index (κ3) is 1.28. The summed E-state index contributed by atoms with van der Waals surface area (Å²) in [6.07, 6.45) is 0. The molecule has 1 unspecified atom stereocenters. The largest absolute Gasteiger partial charge is 0.318 e. The molecule has 4 heteroatoms. The van der Waals surface area contributed by atoms with Crippen LogP contribution >= 0.6 is 0 Å². The molecular weight excluding hydrogens is 183 g/mol. The molecular formula is C10H11FN2O. The molecule has 0 aromatic heterocycles. The number of hydrogen-bond acceptors (Lipinski definition) is 2. The number of aryl methyl sites for hydroxylation is 1. The smallest absolute Gasteiger partial charge is 0.245 e. The third-order valence-corrected chi connectivity index (χ3v) is 2.35. The summed E-state index contributed by atoms with van der Waals surface area (Å²) in [5.41, 5.74) is 6.68. The Bertz CT molecular complexity index is 392. The van der Waals surface area contributed by atoms with Gasteiger partial charge in [-0.15, -0.1) is 0 Å². The minimum Gasteiger partial charge on any atom is -0.318 e. The van der Waals surface area contributed by atoms with Crippen LogP contribution in [0.3, 0.4) is 0 Å². The van der Waals surface area contributed by atoms with E-state index in [1.807, 2.05) is 6.92 Å². The van der Waals surface area contributed by atoms with Crippen LogP contribution in [-0.2, 0) is 4.79 Å². The van der Waals surface area contributed by atoms with Crippen LogP contribution in [0.4, 0.5) is 10.1 Å². The predicted molar refractivity (Wildman–Crippen MR) is 51.5 cm³/mol.